The molecule has 0 aliphatic carbocycles. The van der Waals surface area contributed by atoms with Gasteiger partial charge in [-0.05, 0) is 49.9 Å². The van der Waals surface area contributed by atoms with Crippen LogP contribution < -0.4 is 4.90 Å². The maximum absolute atomic E-state index is 12.6. The largest absolute Gasteiger partial charge is 0.344 e. The minimum atomic E-state index is 0.0155. The molecule has 6 heteroatoms. The lowest BCUT2D eigenvalue weighted by atomic mass is 10.2. The van der Waals surface area contributed by atoms with Crippen LogP contribution in [0.15, 0.2) is 30.6 Å². The summed E-state index contributed by atoms with van der Waals surface area (Å²) in [6, 6.07) is 5.79. The molecule has 126 valence electrons. The molecule has 0 atom stereocenters. The minimum Gasteiger partial charge on any atom is -0.344 e. The molecule has 1 aliphatic heterocycles. The summed E-state index contributed by atoms with van der Waals surface area (Å²) < 4.78 is 0. The molecule has 1 saturated heterocycles. The van der Waals surface area contributed by atoms with Gasteiger partial charge in [0.1, 0.15) is 5.69 Å². The summed E-state index contributed by atoms with van der Waals surface area (Å²) in [4.78, 5) is 29.5. The molecule has 0 unspecified atom stereocenters. The molecule has 3 rings (SSSR count). The quantitative estimate of drug-likeness (QED) is 0.842. The lowest BCUT2D eigenvalue weighted by molar-refractivity contribution is 0.0787. The molecular weight excluding hydrogens is 302 g/mol. The number of aryl methyl sites for hydroxylation is 1. The Morgan fingerprint density at radius 1 is 1.21 bits per heavy atom. The first-order valence-electron chi connectivity index (χ1n) is 8.38. The Morgan fingerprint density at radius 3 is 2.62 bits per heavy atom. The number of hydrogen-bond donors (Lipinski definition) is 0. The fourth-order valence-electron chi connectivity index (χ4n) is 2.86. The highest BCUT2D eigenvalue weighted by Crippen LogP contribution is 2.15. The molecule has 0 spiro atoms. The number of nitrogens with zero attached hydrogens (tertiary/aromatic N) is 5. The monoisotopic (exact) mass is 325 g/mol. The normalized spacial score (nSPS) is 14.0. The van der Waals surface area contributed by atoms with E-state index in [1.165, 1.54) is 5.56 Å². The number of rotatable bonds is 5. The zero-order chi connectivity index (χ0) is 16.9. The number of carbonyl (C=O) groups excluding carboxylic acids is 1. The smallest absolute Gasteiger partial charge is 0.272 e. The third-order valence-electron chi connectivity index (χ3n) is 4.28. The first-order chi connectivity index (χ1) is 11.6. The molecule has 0 aromatic carbocycles. The fourth-order valence-corrected chi connectivity index (χ4v) is 2.86. The average molecular weight is 325 g/mol. The van der Waals surface area contributed by atoms with E-state index in [1.807, 2.05) is 35.9 Å². The van der Waals surface area contributed by atoms with E-state index >= 15 is 0 Å². The van der Waals surface area contributed by atoms with Gasteiger partial charge in [-0.3, -0.25) is 9.78 Å². The van der Waals surface area contributed by atoms with Gasteiger partial charge in [-0.15, -0.1) is 0 Å². The summed E-state index contributed by atoms with van der Waals surface area (Å²) in [5.74, 6) is 0.619. The van der Waals surface area contributed by atoms with Crippen molar-refractivity contribution in [1.82, 2.24) is 19.9 Å². The fraction of sp³-hybridized carbons (Fsp3) is 0.444. The summed E-state index contributed by atoms with van der Waals surface area (Å²) >= 11 is 0. The van der Waals surface area contributed by atoms with E-state index in [0.717, 1.165) is 44.6 Å². The molecule has 2 aromatic heterocycles. The second kappa shape index (κ2) is 7.38. The topological polar surface area (TPSA) is 62.2 Å². The second-order valence-electron chi connectivity index (χ2n) is 6.22. The molecule has 0 radical (unpaired) electrons. The number of amides is 1. The van der Waals surface area contributed by atoms with E-state index in [4.69, 9.17) is 0 Å². The highest BCUT2D eigenvalue weighted by Gasteiger charge is 2.22. The number of pyridine rings is 1. The van der Waals surface area contributed by atoms with Crippen LogP contribution in [0.4, 0.5) is 5.95 Å². The third-order valence-corrected chi connectivity index (χ3v) is 4.28. The third kappa shape index (κ3) is 3.88. The minimum absolute atomic E-state index is 0.0155. The van der Waals surface area contributed by atoms with E-state index in [-0.39, 0.29) is 5.91 Å². The van der Waals surface area contributed by atoms with Crippen molar-refractivity contribution < 1.29 is 4.79 Å². The molecule has 0 bridgehead atoms. The summed E-state index contributed by atoms with van der Waals surface area (Å²) in [6.45, 7) is 4.34. The predicted molar refractivity (Wildman–Crippen MR) is 93.1 cm³/mol. The van der Waals surface area contributed by atoms with Crippen LogP contribution in [-0.4, -0.2) is 52.4 Å². The van der Waals surface area contributed by atoms with Gasteiger partial charge in [0.15, 0.2) is 0 Å². The van der Waals surface area contributed by atoms with Gasteiger partial charge in [0.2, 0.25) is 5.95 Å². The van der Waals surface area contributed by atoms with Gasteiger partial charge in [0.05, 0.1) is 0 Å². The Bertz CT molecular complexity index is 698. The maximum Gasteiger partial charge on any atom is 0.272 e. The van der Waals surface area contributed by atoms with Gasteiger partial charge in [-0.2, -0.15) is 0 Å². The van der Waals surface area contributed by atoms with E-state index in [1.54, 1.807) is 18.5 Å². The van der Waals surface area contributed by atoms with Crippen molar-refractivity contribution in [3.05, 3.63) is 47.5 Å². The van der Waals surface area contributed by atoms with Crippen LogP contribution in [0.5, 0.6) is 0 Å². The van der Waals surface area contributed by atoms with E-state index in [2.05, 4.69) is 15.0 Å². The molecular formula is C18H23N5O. The molecule has 1 amide bonds. The van der Waals surface area contributed by atoms with Crippen molar-refractivity contribution in [2.45, 2.75) is 26.2 Å². The molecule has 0 saturated carbocycles. The number of aromatic nitrogens is 3. The molecule has 0 N–H and O–H groups in total. The number of likely N-dealkylation sites (tertiary alicyclic amines) is 1. The van der Waals surface area contributed by atoms with Gasteiger partial charge < -0.3 is 9.80 Å². The predicted octanol–water partition coefficient (Wildman–Crippen LogP) is 2.09. The van der Waals surface area contributed by atoms with Crippen LogP contribution in [-0.2, 0) is 6.42 Å². The van der Waals surface area contributed by atoms with E-state index in [0.29, 0.717) is 11.6 Å². The lowest BCUT2D eigenvalue weighted by Crippen LogP contribution is -2.30. The molecule has 2 aromatic rings. The van der Waals surface area contributed by atoms with Crippen LogP contribution in [0.2, 0.25) is 0 Å². The molecule has 24 heavy (non-hydrogen) atoms. The summed E-state index contributed by atoms with van der Waals surface area (Å²) in [5.41, 5.74) is 2.53. The van der Waals surface area contributed by atoms with Crippen LogP contribution in [0.25, 0.3) is 0 Å². The van der Waals surface area contributed by atoms with Crippen molar-refractivity contribution >= 4 is 11.9 Å². The first kappa shape index (κ1) is 16.4. The van der Waals surface area contributed by atoms with Crippen LogP contribution in [0, 0.1) is 6.92 Å². The van der Waals surface area contributed by atoms with Gasteiger partial charge >= 0.3 is 0 Å². The number of carbonyl (C=O) groups is 1. The van der Waals surface area contributed by atoms with Crippen molar-refractivity contribution in [3.8, 4) is 0 Å². The van der Waals surface area contributed by atoms with Crippen LogP contribution >= 0.6 is 0 Å². The Labute approximate surface area is 142 Å². The molecule has 1 fully saturated rings. The molecule has 1 aliphatic rings. The molecule has 3 heterocycles. The SMILES string of the molecule is Cc1cc(C(=O)N2CCCC2)nc(N(C)CCc2ccncc2)n1. The summed E-state index contributed by atoms with van der Waals surface area (Å²) in [5, 5.41) is 0. The standard InChI is InChI=1S/C18H23N5O/c1-14-13-16(17(24)23-10-3-4-11-23)21-18(20-14)22(2)12-7-15-5-8-19-9-6-15/h5-6,8-9,13H,3-4,7,10-12H2,1-2H3. The maximum atomic E-state index is 12.6. The molecule has 6 nitrogen and oxygen atoms in total. The highest BCUT2D eigenvalue weighted by molar-refractivity contribution is 5.92. The number of anilines is 1. The Morgan fingerprint density at radius 2 is 1.92 bits per heavy atom. The first-order valence-corrected chi connectivity index (χ1v) is 8.38. The summed E-state index contributed by atoms with van der Waals surface area (Å²) in [6.07, 6.45) is 6.63. The Balaban J connectivity index is 1.71. The zero-order valence-electron chi connectivity index (χ0n) is 14.3. The van der Waals surface area contributed by atoms with Gasteiger partial charge in [-0.1, -0.05) is 0 Å². The zero-order valence-corrected chi connectivity index (χ0v) is 14.3. The van der Waals surface area contributed by atoms with Gasteiger partial charge in [-0.25, -0.2) is 9.97 Å². The highest BCUT2D eigenvalue weighted by atomic mass is 16.2. The van der Waals surface area contributed by atoms with Crippen LogP contribution in [0.3, 0.4) is 0 Å². The van der Waals surface area contributed by atoms with E-state index in [9.17, 15) is 4.79 Å². The van der Waals surface area contributed by atoms with Crippen molar-refractivity contribution in [2.24, 2.45) is 0 Å². The van der Waals surface area contributed by atoms with Gasteiger partial charge in [0.25, 0.3) is 5.91 Å². The van der Waals surface area contributed by atoms with Crippen molar-refractivity contribution in [2.75, 3.05) is 31.6 Å². The van der Waals surface area contributed by atoms with E-state index < -0.39 is 0 Å². The summed E-state index contributed by atoms with van der Waals surface area (Å²) in [7, 11) is 1.96. The Kier molecular flexibility index (Phi) is 5.03. The lowest BCUT2D eigenvalue weighted by Gasteiger charge is -2.20. The van der Waals surface area contributed by atoms with Crippen molar-refractivity contribution in [3.63, 3.8) is 0 Å². The number of hydrogen-bond acceptors (Lipinski definition) is 5. The second-order valence-corrected chi connectivity index (χ2v) is 6.22. The van der Waals surface area contributed by atoms with Crippen LogP contribution in [0.1, 0.15) is 34.6 Å². The average Bonchev–Trinajstić information content (AvgIpc) is 3.14. The Hall–Kier alpha value is -2.50. The van der Waals surface area contributed by atoms with Crippen molar-refractivity contribution in [1.29, 1.82) is 0 Å². The van der Waals surface area contributed by atoms with Gasteiger partial charge in [0, 0.05) is 44.8 Å². The number of likely N-dealkylation sites (N-methyl/N-ethyl adjacent to an activating group) is 1.